The molecule has 0 aromatic carbocycles. The third-order valence-electron chi connectivity index (χ3n) is 2.23. The van der Waals surface area contributed by atoms with Crippen LogP contribution in [-0.2, 0) is 17.0 Å². The maximum atomic E-state index is 12.2. The minimum absolute atomic E-state index is 0.0842. The molecule has 3 nitrogen and oxygen atoms in total. The molecule has 96 valence electrons. The zero-order chi connectivity index (χ0) is 13.1. The second-order valence-electron chi connectivity index (χ2n) is 3.62. The van der Waals surface area contributed by atoms with Crippen LogP contribution in [-0.4, -0.2) is 27.2 Å². The van der Waals surface area contributed by atoms with Crippen LogP contribution in [0.3, 0.4) is 0 Å². The van der Waals surface area contributed by atoms with E-state index in [-0.39, 0.29) is 5.25 Å². The third kappa shape index (κ3) is 4.33. The van der Waals surface area contributed by atoms with E-state index in [9.17, 15) is 17.4 Å². The smallest absolute Gasteiger partial charge is 0.369 e. The molecule has 0 saturated carbocycles. The van der Waals surface area contributed by atoms with E-state index in [1.54, 1.807) is 13.2 Å². The fraction of sp³-hybridized carbons (Fsp3) is 0.500. The summed E-state index contributed by atoms with van der Waals surface area (Å²) in [5, 5.41) is 2.75. The van der Waals surface area contributed by atoms with Crippen LogP contribution in [0.1, 0.15) is 12.5 Å². The minimum atomic E-state index is -4.37. The molecule has 1 aromatic rings. The van der Waals surface area contributed by atoms with Gasteiger partial charge < -0.3 is 5.32 Å². The van der Waals surface area contributed by atoms with Gasteiger partial charge in [-0.1, -0.05) is 0 Å². The van der Waals surface area contributed by atoms with Gasteiger partial charge in [-0.25, -0.2) is 4.98 Å². The molecule has 2 unspecified atom stereocenters. The number of nitrogens with zero attached hydrogens (tertiary/aromatic N) is 1. The van der Waals surface area contributed by atoms with E-state index in [0.29, 0.717) is 12.4 Å². The van der Waals surface area contributed by atoms with Gasteiger partial charge in [0.1, 0.15) is 5.82 Å². The summed E-state index contributed by atoms with van der Waals surface area (Å²) in [6.07, 6.45) is -2.02. The van der Waals surface area contributed by atoms with E-state index < -0.39 is 22.5 Å². The molecule has 1 rings (SSSR count). The molecule has 0 aliphatic rings. The summed E-state index contributed by atoms with van der Waals surface area (Å²) < 4.78 is 47.8. The molecule has 17 heavy (non-hydrogen) atoms. The van der Waals surface area contributed by atoms with Gasteiger partial charge in [-0.15, -0.1) is 0 Å². The van der Waals surface area contributed by atoms with Crippen LogP contribution in [0.2, 0.25) is 0 Å². The number of alkyl halides is 3. The molecule has 0 fully saturated rings. The van der Waals surface area contributed by atoms with E-state index >= 15 is 0 Å². The lowest BCUT2D eigenvalue weighted by molar-refractivity contribution is -0.137. The Morgan fingerprint density at radius 2 is 2.12 bits per heavy atom. The van der Waals surface area contributed by atoms with Crippen LogP contribution in [0.25, 0.3) is 0 Å². The number of rotatable bonds is 4. The normalized spacial score (nSPS) is 15.4. The lowest BCUT2D eigenvalue weighted by Gasteiger charge is -2.11. The van der Waals surface area contributed by atoms with Gasteiger partial charge in [0.15, 0.2) is 0 Å². The molecular formula is C10H13F3N2OS. The molecule has 1 aromatic heterocycles. The van der Waals surface area contributed by atoms with E-state index in [4.69, 9.17) is 0 Å². The van der Waals surface area contributed by atoms with Crippen molar-refractivity contribution in [2.45, 2.75) is 18.3 Å². The van der Waals surface area contributed by atoms with E-state index in [0.717, 1.165) is 12.3 Å². The van der Waals surface area contributed by atoms with Gasteiger partial charge in [-0.3, -0.25) is 4.21 Å². The Labute approximate surface area is 99.9 Å². The lowest BCUT2D eigenvalue weighted by Crippen LogP contribution is -2.21. The third-order valence-corrected chi connectivity index (χ3v) is 3.53. The number of anilines is 1. The Kier molecular flexibility index (Phi) is 4.50. The number of halogens is 3. The van der Waals surface area contributed by atoms with Gasteiger partial charge >= 0.3 is 6.18 Å². The Balaban J connectivity index is 2.60. The van der Waals surface area contributed by atoms with Crippen molar-refractivity contribution in [1.82, 2.24) is 4.98 Å². The Morgan fingerprint density at radius 3 is 2.53 bits per heavy atom. The molecular weight excluding hydrogens is 253 g/mol. The standard InChI is InChI=1S/C10H13F3N2OS/c1-7(17(2)16)5-14-9-4-3-8(6-15-9)10(11,12)13/h3-4,6-7H,5H2,1-2H3,(H,14,15). The molecule has 7 heteroatoms. The molecule has 0 spiro atoms. The van der Waals surface area contributed by atoms with Crippen LogP contribution >= 0.6 is 0 Å². The first-order chi connectivity index (χ1) is 7.80. The Morgan fingerprint density at radius 1 is 1.47 bits per heavy atom. The minimum Gasteiger partial charge on any atom is -0.369 e. The van der Waals surface area contributed by atoms with Crippen molar-refractivity contribution in [3.63, 3.8) is 0 Å². The molecule has 2 atom stereocenters. The Bertz CT molecular complexity index is 392. The highest BCUT2D eigenvalue weighted by atomic mass is 32.2. The first-order valence-corrected chi connectivity index (χ1v) is 6.52. The first-order valence-electron chi connectivity index (χ1n) is 4.90. The number of hydrogen-bond acceptors (Lipinski definition) is 3. The summed E-state index contributed by atoms with van der Waals surface area (Å²) in [5.41, 5.74) is -0.782. The molecule has 0 saturated heterocycles. The summed E-state index contributed by atoms with van der Waals surface area (Å²) in [6.45, 7) is 2.19. The molecule has 0 aliphatic carbocycles. The highest BCUT2D eigenvalue weighted by molar-refractivity contribution is 7.84. The van der Waals surface area contributed by atoms with Crippen molar-refractivity contribution in [1.29, 1.82) is 0 Å². The summed E-state index contributed by atoms with van der Waals surface area (Å²) in [7, 11) is -0.973. The molecule has 1 heterocycles. The second kappa shape index (κ2) is 5.48. The van der Waals surface area contributed by atoms with Crippen LogP contribution in [0, 0.1) is 0 Å². The molecule has 0 radical (unpaired) electrons. The van der Waals surface area contributed by atoms with Gasteiger partial charge in [-0.05, 0) is 19.1 Å². The summed E-state index contributed by atoms with van der Waals surface area (Å²) >= 11 is 0. The van der Waals surface area contributed by atoms with Crippen LogP contribution in [0.5, 0.6) is 0 Å². The predicted molar refractivity (Wildman–Crippen MR) is 61.3 cm³/mol. The van der Waals surface area contributed by atoms with Crippen molar-refractivity contribution < 1.29 is 17.4 Å². The average molecular weight is 266 g/mol. The fourth-order valence-corrected chi connectivity index (χ4v) is 1.35. The SMILES string of the molecule is CC(CNc1ccc(C(F)(F)F)cn1)S(C)=O. The molecule has 0 bridgehead atoms. The van der Waals surface area contributed by atoms with Crippen molar-refractivity contribution >= 4 is 16.6 Å². The van der Waals surface area contributed by atoms with Gasteiger partial charge in [-0.2, -0.15) is 13.2 Å². The molecule has 1 N–H and O–H groups in total. The van der Waals surface area contributed by atoms with E-state index in [2.05, 4.69) is 10.3 Å². The zero-order valence-electron chi connectivity index (χ0n) is 9.41. The van der Waals surface area contributed by atoms with Gasteiger partial charge in [0, 0.05) is 35.0 Å². The summed E-state index contributed by atoms with van der Waals surface area (Å²) in [6, 6.07) is 2.22. The lowest BCUT2D eigenvalue weighted by atomic mass is 10.3. The van der Waals surface area contributed by atoms with Crippen molar-refractivity contribution in [2.75, 3.05) is 18.1 Å². The van der Waals surface area contributed by atoms with Gasteiger partial charge in [0.2, 0.25) is 0 Å². The van der Waals surface area contributed by atoms with Crippen LogP contribution in [0.4, 0.5) is 19.0 Å². The topological polar surface area (TPSA) is 42.0 Å². The number of aromatic nitrogens is 1. The highest BCUT2D eigenvalue weighted by Crippen LogP contribution is 2.28. The number of pyridine rings is 1. The monoisotopic (exact) mass is 266 g/mol. The summed E-state index contributed by atoms with van der Waals surface area (Å²) in [5.74, 6) is 0.343. The summed E-state index contributed by atoms with van der Waals surface area (Å²) in [4.78, 5) is 3.65. The van der Waals surface area contributed by atoms with Crippen molar-refractivity contribution in [2.24, 2.45) is 0 Å². The van der Waals surface area contributed by atoms with Crippen LogP contribution in [0.15, 0.2) is 18.3 Å². The number of hydrogen-bond donors (Lipinski definition) is 1. The van der Waals surface area contributed by atoms with Gasteiger partial charge in [0.05, 0.1) is 5.56 Å². The fourth-order valence-electron chi connectivity index (χ4n) is 1.03. The number of nitrogens with one attached hydrogen (secondary N) is 1. The second-order valence-corrected chi connectivity index (χ2v) is 5.42. The van der Waals surface area contributed by atoms with Crippen molar-refractivity contribution in [3.8, 4) is 0 Å². The maximum absolute atomic E-state index is 12.2. The van der Waals surface area contributed by atoms with Crippen molar-refractivity contribution in [3.05, 3.63) is 23.9 Å². The highest BCUT2D eigenvalue weighted by Gasteiger charge is 2.30. The molecule has 0 aliphatic heterocycles. The quantitative estimate of drug-likeness (QED) is 0.909. The largest absolute Gasteiger partial charge is 0.417 e. The maximum Gasteiger partial charge on any atom is 0.417 e. The van der Waals surface area contributed by atoms with Crippen LogP contribution < -0.4 is 5.32 Å². The predicted octanol–water partition coefficient (Wildman–Crippen LogP) is 2.28. The zero-order valence-corrected chi connectivity index (χ0v) is 10.2. The molecule has 0 amide bonds. The average Bonchev–Trinajstić information content (AvgIpc) is 2.25. The van der Waals surface area contributed by atoms with E-state index in [1.165, 1.54) is 6.07 Å². The van der Waals surface area contributed by atoms with Gasteiger partial charge in [0.25, 0.3) is 0 Å². The van der Waals surface area contributed by atoms with E-state index in [1.807, 2.05) is 0 Å². The Hall–Kier alpha value is -1.11. The first kappa shape index (κ1) is 14.0.